The highest BCUT2D eigenvalue weighted by Gasteiger charge is 2.20. The molecule has 0 amide bonds. The normalized spacial score (nSPS) is 11.8. The van der Waals surface area contributed by atoms with Gasteiger partial charge in [-0.25, -0.2) is 13.6 Å². The Labute approximate surface area is 121 Å². The van der Waals surface area contributed by atoms with Crippen molar-refractivity contribution in [3.05, 3.63) is 40.7 Å². The van der Waals surface area contributed by atoms with Gasteiger partial charge in [-0.1, -0.05) is 0 Å². The van der Waals surface area contributed by atoms with Crippen molar-refractivity contribution in [2.24, 2.45) is 5.14 Å². The average Bonchev–Trinajstić information content (AvgIpc) is 2.86. The van der Waals surface area contributed by atoms with Gasteiger partial charge < -0.3 is 0 Å². The van der Waals surface area contributed by atoms with Crippen molar-refractivity contribution in [1.29, 1.82) is 0 Å². The minimum absolute atomic E-state index is 0.106. The third-order valence-corrected chi connectivity index (χ3v) is 3.87. The van der Waals surface area contributed by atoms with E-state index in [2.05, 4.69) is 5.10 Å². The second kappa shape index (κ2) is 5.26. The molecule has 0 fully saturated rings. The summed E-state index contributed by atoms with van der Waals surface area (Å²) in [6, 6.07) is 3.66. The number of nitro groups is 1. The van der Waals surface area contributed by atoms with Crippen molar-refractivity contribution in [2.75, 3.05) is 0 Å². The minimum atomic E-state index is -4.09. The molecule has 1 aromatic heterocycles. The molecule has 0 saturated carbocycles. The van der Waals surface area contributed by atoms with E-state index in [0.717, 1.165) is 6.07 Å². The van der Waals surface area contributed by atoms with Gasteiger partial charge in [0.05, 0.1) is 16.0 Å². The van der Waals surface area contributed by atoms with Crippen LogP contribution in [-0.4, -0.2) is 23.1 Å². The fourth-order valence-corrected chi connectivity index (χ4v) is 2.64. The van der Waals surface area contributed by atoms with Crippen molar-refractivity contribution in [3.63, 3.8) is 0 Å². The first-order chi connectivity index (χ1) is 9.70. The Bertz CT molecular complexity index is 795. The number of aromatic nitrogens is 2. The second-order valence-electron chi connectivity index (χ2n) is 4.79. The van der Waals surface area contributed by atoms with E-state index in [-0.39, 0.29) is 22.2 Å². The highest BCUT2D eigenvalue weighted by atomic mass is 32.2. The molecule has 1 heterocycles. The average molecular weight is 310 g/mol. The van der Waals surface area contributed by atoms with Gasteiger partial charge in [0.25, 0.3) is 5.69 Å². The third kappa shape index (κ3) is 3.09. The van der Waals surface area contributed by atoms with Gasteiger partial charge in [0.15, 0.2) is 0 Å². The van der Waals surface area contributed by atoms with Crippen molar-refractivity contribution in [3.8, 4) is 11.1 Å². The Balaban J connectivity index is 2.65. The Morgan fingerprint density at radius 3 is 2.52 bits per heavy atom. The van der Waals surface area contributed by atoms with Crippen LogP contribution < -0.4 is 5.14 Å². The standard InChI is InChI=1S/C12H14N4O4S/c1-8(2)15-7-9(6-14-15)11-4-3-10(16(17)18)5-12(11)21(13,19)20/h3-8H,1-2H3,(H2,13,19,20). The predicted octanol–water partition coefficient (Wildman–Crippen LogP) is 1.69. The SMILES string of the molecule is CC(C)n1cc(-c2ccc([N+](=O)[O-])cc2S(N)(=O)=O)cn1. The van der Waals surface area contributed by atoms with Gasteiger partial charge in [-0.05, 0) is 19.9 Å². The van der Waals surface area contributed by atoms with Crippen LogP contribution in [0.5, 0.6) is 0 Å². The molecule has 0 radical (unpaired) electrons. The quantitative estimate of drug-likeness (QED) is 0.680. The van der Waals surface area contributed by atoms with E-state index in [1.54, 1.807) is 10.9 Å². The molecule has 21 heavy (non-hydrogen) atoms. The number of rotatable bonds is 4. The summed E-state index contributed by atoms with van der Waals surface area (Å²) < 4.78 is 25.0. The number of nitrogens with two attached hydrogens (primary N) is 1. The molecule has 0 atom stereocenters. The number of nitro benzene ring substituents is 1. The van der Waals surface area contributed by atoms with Crippen molar-refractivity contribution in [1.82, 2.24) is 9.78 Å². The highest BCUT2D eigenvalue weighted by Crippen LogP contribution is 2.30. The van der Waals surface area contributed by atoms with Gasteiger partial charge in [0.2, 0.25) is 10.0 Å². The van der Waals surface area contributed by atoms with Crippen LogP contribution in [0.2, 0.25) is 0 Å². The van der Waals surface area contributed by atoms with Crippen LogP contribution in [-0.2, 0) is 10.0 Å². The summed E-state index contributed by atoms with van der Waals surface area (Å²) in [6.45, 7) is 3.85. The predicted molar refractivity (Wildman–Crippen MR) is 76.1 cm³/mol. The first-order valence-electron chi connectivity index (χ1n) is 6.06. The van der Waals surface area contributed by atoms with E-state index in [1.165, 1.54) is 18.3 Å². The van der Waals surface area contributed by atoms with Crippen LogP contribution in [0, 0.1) is 10.1 Å². The van der Waals surface area contributed by atoms with Gasteiger partial charge in [-0.15, -0.1) is 0 Å². The summed E-state index contributed by atoms with van der Waals surface area (Å²) in [4.78, 5) is 9.81. The lowest BCUT2D eigenvalue weighted by molar-refractivity contribution is -0.385. The molecule has 0 aliphatic carbocycles. The summed E-state index contributed by atoms with van der Waals surface area (Å²) >= 11 is 0. The molecule has 0 saturated heterocycles. The maximum absolute atomic E-state index is 11.7. The highest BCUT2D eigenvalue weighted by molar-refractivity contribution is 7.89. The lowest BCUT2D eigenvalue weighted by Crippen LogP contribution is -2.13. The number of sulfonamides is 1. The lowest BCUT2D eigenvalue weighted by Gasteiger charge is -2.06. The molecule has 112 valence electrons. The molecule has 9 heteroatoms. The summed E-state index contributed by atoms with van der Waals surface area (Å²) in [5, 5.41) is 20.0. The number of hydrogen-bond acceptors (Lipinski definition) is 5. The summed E-state index contributed by atoms with van der Waals surface area (Å²) in [5.41, 5.74) is 0.483. The first-order valence-corrected chi connectivity index (χ1v) is 7.60. The Morgan fingerprint density at radius 1 is 1.38 bits per heavy atom. The van der Waals surface area contributed by atoms with E-state index in [1.807, 2.05) is 13.8 Å². The van der Waals surface area contributed by atoms with Gasteiger partial charge in [0, 0.05) is 35.5 Å². The molecule has 0 unspecified atom stereocenters. The third-order valence-electron chi connectivity index (χ3n) is 2.92. The van der Waals surface area contributed by atoms with Crippen molar-refractivity contribution < 1.29 is 13.3 Å². The van der Waals surface area contributed by atoms with Crippen LogP contribution in [0.15, 0.2) is 35.5 Å². The minimum Gasteiger partial charge on any atom is -0.270 e. The van der Waals surface area contributed by atoms with E-state index in [4.69, 9.17) is 5.14 Å². The fourth-order valence-electron chi connectivity index (χ4n) is 1.86. The molecule has 0 aliphatic heterocycles. The number of benzene rings is 1. The second-order valence-corrected chi connectivity index (χ2v) is 6.32. The van der Waals surface area contributed by atoms with Crippen molar-refractivity contribution >= 4 is 15.7 Å². The molecule has 2 N–H and O–H groups in total. The van der Waals surface area contributed by atoms with E-state index >= 15 is 0 Å². The summed E-state index contributed by atoms with van der Waals surface area (Å²) in [6.07, 6.45) is 3.16. The van der Waals surface area contributed by atoms with E-state index in [9.17, 15) is 18.5 Å². The molecule has 2 rings (SSSR count). The van der Waals surface area contributed by atoms with Gasteiger partial charge in [-0.3, -0.25) is 14.8 Å². The Morgan fingerprint density at radius 2 is 2.05 bits per heavy atom. The zero-order chi connectivity index (χ0) is 15.8. The Kier molecular flexibility index (Phi) is 3.79. The van der Waals surface area contributed by atoms with Crippen LogP contribution in [0.1, 0.15) is 19.9 Å². The number of hydrogen-bond donors (Lipinski definition) is 1. The van der Waals surface area contributed by atoms with Gasteiger partial charge in [0.1, 0.15) is 0 Å². The topological polar surface area (TPSA) is 121 Å². The molecule has 8 nitrogen and oxygen atoms in total. The molecule has 2 aromatic rings. The fraction of sp³-hybridized carbons (Fsp3) is 0.250. The Hall–Kier alpha value is -2.26. The van der Waals surface area contributed by atoms with E-state index < -0.39 is 14.9 Å². The lowest BCUT2D eigenvalue weighted by atomic mass is 10.1. The van der Waals surface area contributed by atoms with Gasteiger partial charge in [-0.2, -0.15) is 5.10 Å². The maximum atomic E-state index is 11.7. The monoisotopic (exact) mass is 310 g/mol. The molecular weight excluding hydrogens is 296 g/mol. The number of nitrogens with zero attached hydrogens (tertiary/aromatic N) is 3. The maximum Gasteiger partial charge on any atom is 0.270 e. The van der Waals surface area contributed by atoms with E-state index in [0.29, 0.717) is 5.56 Å². The van der Waals surface area contributed by atoms with Crippen molar-refractivity contribution in [2.45, 2.75) is 24.8 Å². The van der Waals surface area contributed by atoms with Crippen LogP contribution >= 0.6 is 0 Å². The van der Waals surface area contributed by atoms with Crippen LogP contribution in [0.4, 0.5) is 5.69 Å². The number of primary sulfonamides is 1. The molecular formula is C12H14N4O4S. The van der Waals surface area contributed by atoms with Crippen LogP contribution in [0.3, 0.4) is 0 Å². The summed E-state index contributed by atoms with van der Waals surface area (Å²) in [7, 11) is -4.09. The largest absolute Gasteiger partial charge is 0.270 e. The molecule has 1 aromatic carbocycles. The zero-order valence-corrected chi connectivity index (χ0v) is 12.2. The van der Waals surface area contributed by atoms with Gasteiger partial charge >= 0.3 is 0 Å². The smallest absolute Gasteiger partial charge is 0.270 e. The zero-order valence-electron chi connectivity index (χ0n) is 11.4. The molecule has 0 aliphatic rings. The molecule has 0 bridgehead atoms. The number of non-ortho nitro benzene ring substituents is 1. The van der Waals surface area contributed by atoms with Crippen LogP contribution in [0.25, 0.3) is 11.1 Å². The first kappa shape index (κ1) is 15.1. The summed E-state index contributed by atoms with van der Waals surface area (Å²) in [5.74, 6) is 0. The molecule has 0 spiro atoms.